The van der Waals surface area contributed by atoms with E-state index in [0.29, 0.717) is 16.4 Å². The van der Waals surface area contributed by atoms with Crippen LogP contribution in [0.25, 0.3) is 0 Å². The molecule has 1 aromatic carbocycles. The Kier molecular flexibility index (Phi) is 3.55. The first-order chi connectivity index (χ1) is 10.5. The van der Waals surface area contributed by atoms with Gasteiger partial charge in [-0.2, -0.15) is 0 Å². The quantitative estimate of drug-likeness (QED) is 0.738. The van der Waals surface area contributed by atoms with E-state index in [1.807, 2.05) is 0 Å². The maximum absolute atomic E-state index is 13.2. The molecule has 0 saturated heterocycles. The highest BCUT2D eigenvalue weighted by molar-refractivity contribution is 8.00. The van der Waals surface area contributed by atoms with Gasteiger partial charge < -0.3 is 0 Å². The van der Waals surface area contributed by atoms with Gasteiger partial charge in [-0.25, -0.2) is 8.78 Å². The van der Waals surface area contributed by atoms with Gasteiger partial charge >= 0.3 is 0 Å². The Bertz CT molecular complexity index is 578. The number of thioether (sulfide) groups is 1. The van der Waals surface area contributed by atoms with E-state index < -0.39 is 11.6 Å². The molecule has 0 aliphatic heterocycles. The summed E-state index contributed by atoms with van der Waals surface area (Å²) < 4.78 is 26.2. The van der Waals surface area contributed by atoms with E-state index in [9.17, 15) is 13.6 Å². The van der Waals surface area contributed by atoms with Crippen LogP contribution in [-0.2, 0) is 4.79 Å². The van der Waals surface area contributed by atoms with Crippen LogP contribution in [0.4, 0.5) is 8.78 Å². The fourth-order valence-corrected chi connectivity index (χ4v) is 6.28. The molecule has 0 aromatic heterocycles. The molecule has 5 rings (SSSR count). The number of carbonyl (C=O) groups excluding carboxylic acids is 1. The minimum absolute atomic E-state index is 0.0969. The first kappa shape index (κ1) is 14.7. The molecule has 0 radical (unpaired) electrons. The molecule has 0 spiro atoms. The average Bonchev–Trinajstić information content (AvgIpc) is 2.46. The summed E-state index contributed by atoms with van der Waals surface area (Å²) in [5.74, 6) is 1.30. The van der Waals surface area contributed by atoms with E-state index >= 15 is 0 Å². The van der Waals surface area contributed by atoms with Crippen LogP contribution < -0.4 is 0 Å². The van der Waals surface area contributed by atoms with Gasteiger partial charge in [-0.1, -0.05) is 0 Å². The predicted octanol–water partition coefficient (Wildman–Crippen LogP) is 4.84. The molecule has 4 saturated carbocycles. The molecule has 0 atom stereocenters. The van der Waals surface area contributed by atoms with Crippen LogP contribution in [0.15, 0.2) is 23.1 Å². The lowest BCUT2D eigenvalue weighted by Crippen LogP contribution is -2.50. The third-order valence-corrected chi connectivity index (χ3v) is 6.88. The van der Waals surface area contributed by atoms with E-state index in [1.54, 1.807) is 6.07 Å². The van der Waals surface area contributed by atoms with Crippen molar-refractivity contribution in [1.82, 2.24) is 0 Å². The van der Waals surface area contributed by atoms with Crippen molar-refractivity contribution < 1.29 is 13.6 Å². The molecule has 4 heteroatoms. The van der Waals surface area contributed by atoms with Crippen LogP contribution >= 0.6 is 11.8 Å². The van der Waals surface area contributed by atoms with Gasteiger partial charge in [0.05, 0.1) is 5.75 Å². The van der Waals surface area contributed by atoms with Gasteiger partial charge in [-0.05, 0) is 74.5 Å². The standard InChI is InChI=1S/C18H20F2OS/c19-15-2-1-14(6-16(15)20)22-10-17(21)18-7-11-3-12(8-18)5-13(4-11)9-18/h1-2,6,11-13H,3-5,7-10H2. The van der Waals surface area contributed by atoms with Crippen molar-refractivity contribution in [3.63, 3.8) is 0 Å². The first-order valence-electron chi connectivity index (χ1n) is 8.15. The maximum atomic E-state index is 13.2. The van der Waals surface area contributed by atoms with E-state index in [4.69, 9.17) is 0 Å². The molecule has 22 heavy (non-hydrogen) atoms. The molecule has 4 aliphatic carbocycles. The Balaban J connectivity index is 1.45. The Hall–Kier alpha value is -0.900. The van der Waals surface area contributed by atoms with Crippen LogP contribution in [-0.4, -0.2) is 11.5 Å². The predicted molar refractivity (Wildman–Crippen MR) is 82.7 cm³/mol. The Labute approximate surface area is 133 Å². The van der Waals surface area contributed by atoms with Gasteiger partial charge in [0.15, 0.2) is 11.6 Å². The van der Waals surface area contributed by atoms with Crippen molar-refractivity contribution >= 4 is 17.5 Å². The number of Topliss-reactive ketones (excluding diaryl/α,β-unsaturated/α-hetero) is 1. The van der Waals surface area contributed by atoms with Crippen LogP contribution in [0, 0.1) is 34.8 Å². The van der Waals surface area contributed by atoms with E-state index in [2.05, 4.69) is 0 Å². The highest BCUT2D eigenvalue weighted by Gasteiger charge is 2.53. The largest absolute Gasteiger partial charge is 0.298 e. The number of carbonyl (C=O) groups is 1. The third kappa shape index (κ3) is 2.49. The van der Waals surface area contributed by atoms with Crippen LogP contribution in [0.5, 0.6) is 0 Å². The normalized spacial score (nSPS) is 35.8. The molecule has 1 aromatic rings. The Morgan fingerprint density at radius 2 is 1.64 bits per heavy atom. The SMILES string of the molecule is O=C(CSc1ccc(F)c(F)c1)C12CC3CC(CC(C3)C1)C2. The van der Waals surface area contributed by atoms with Crippen molar-refractivity contribution in [2.24, 2.45) is 23.2 Å². The second-order valence-electron chi connectivity index (χ2n) is 7.49. The first-order valence-corrected chi connectivity index (χ1v) is 9.14. The molecule has 1 nitrogen and oxygen atoms in total. The zero-order valence-electron chi connectivity index (χ0n) is 12.5. The fraction of sp³-hybridized carbons (Fsp3) is 0.611. The van der Waals surface area contributed by atoms with Gasteiger partial charge in [0, 0.05) is 10.3 Å². The van der Waals surface area contributed by atoms with Crippen molar-refractivity contribution in [2.75, 3.05) is 5.75 Å². The number of hydrogen-bond donors (Lipinski definition) is 0. The Morgan fingerprint density at radius 3 is 2.18 bits per heavy atom. The van der Waals surface area contributed by atoms with Crippen molar-refractivity contribution in [2.45, 2.75) is 43.4 Å². The number of ketones is 1. The molecule has 4 bridgehead atoms. The minimum atomic E-state index is -0.841. The lowest BCUT2D eigenvalue weighted by atomic mass is 9.48. The molecule has 4 fully saturated rings. The third-order valence-electron chi connectivity index (χ3n) is 5.89. The molecule has 0 heterocycles. The maximum Gasteiger partial charge on any atom is 0.159 e. The Morgan fingerprint density at radius 1 is 1.05 bits per heavy atom. The zero-order valence-corrected chi connectivity index (χ0v) is 13.3. The summed E-state index contributed by atoms with van der Waals surface area (Å²) in [6.07, 6.45) is 7.16. The molecule has 4 aliphatic rings. The summed E-state index contributed by atoms with van der Waals surface area (Å²) in [5.41, 5.74) is -0.0969. The zero-order chi connectivity index (χ0) is 15.3. The van der Waals surface area contributed by atoms with Gasteiger partial charge in [0.1, 0.15) is 5.78 Å². The van der Waals surface area contributed by atoms with Crippen LogP contribution in [0.3, 0.4) is 0 Å². The minimum Gasteiger partial charge on any atom is -0.298 e. The van der Waals surface area contributed by atoms with E-state index in [-0.39, 0.29) is 5.41 Å². The average molecular weight is 322 g/mol. The van der Waals surface area contributed by atoms with E-state index in [1.165, 1.54) is 37.1 Å². The summed E-state index contributed by atoms with van der Waals surface area (Å²) in [6.45, 7) is 0. The second kappa shape index (κ2) is 5.33. The monoisotopic (exact) mass is 322 g/mol. The molecular formula is C18H20F2OS. The van der Waals surface area contributed by atoms with Crippen LogP contribution in [0.2, 0.25) is 0 Å². The fourth-order valence-electron chi connectivity index (χ4n) is 5.32. The smallest absolute Gasteiger partial charge is 0.159 e. The molecule has 0 amide bonds. The molecule has 0 N–H and O–H groups in total. The highest BCUT2D eigenvalue weighted by atomic mass is 32.2. The summed E-state index contributed by atoms with van der Waals surface area (Å²) in [5, 5.41) is 0. The molecule has 118 valence electrons. The summed E-state index contributed by atoms with van der Waals surface area (Å²) in [7, 11) is 0. The topological polar surface area (TPSA) is 17.1 Å². The highest BCUT2D eigenvalue weighted by Crippen LogP contribution is 2.60. The van der Waals surface area contributed by atoms with E-state index in [0.717, 1.165) is 43.1 Å². The number of halogens is 2. The van der Waals surface area contributed by atoms with Crippen molar-refractivity contribution in [3.05, 3.63) is 29.8 Å². The molecule has 0 unspecified atom stereocenters. The van der Waals surface area contributed by atoms with Crippen molar-refractivity contribution in [3.8, 4) is 0 Å². The summed E-state index contributed by atoms with van der Waals surface area (Å²) >= 11 is 1.34. The number of benzene rings is 1. The van der Waals surface area contributed by atoms with Gasteiger partial charge in [0.25, 0.3) is 0 Å². The second-order valence-corrected chi connectivity index (χ2v) is 8.53. The lowest BCUT2D eigenvalue weighted by molar-refractivity contribution is -0.141. The summed E-state index contributed by atoms with van der Waals surface area (Å²) in [4.78, 5) is 13.5. The van der Waals surface area contributed by atoms with Gasteiger partial charge in [0.2, 0.25) is 0 Å². The lowest BCUT2D eigenvalue weighted by Gasteiger charge is -2.56. The van der Waals surface area contributed by atoms with Crippen LogP contribution in [0.1, 0.15) is 38.5 Å². The van der Waals surface area contributed by atoms with Gasteiger partial charge in [-0.15, -0.1) is 11.8 Å². The van der Waals surface area contributed by atoms with Gasteiger partial charge in [-0.3, -0.25) is 4.79 Å². The molecular weight excluding hydrogens is 302 g/mol. The number of rotatable bonds is 4. The summed E-state index contributed by atoms with van der Waals surface area (Å²) in [6, 6.07) is 3.87. The number of hydrogen-bond acceptors (Lipinski definition) is 2. The van der Waals surface area contributed by atoms with Crippen molar-refractivity contribution in [1.29, 1.82) is 0 Å².